The molecule has 4 heteroatoms. The van der Waals surface area contributed by atoms with Crippen molar-refractivity contribution in [3.8, 4) is 17.5 Å². The Morgan fingerprint density at radius 1 is 1.07 bits per heavy atom. The highest BCUT2D eigenvalue weighted by Gasteiger charge is 2.00. The third-order valence-corrected chi connectivity index (χ3v) is 1.88. The monoisotopic (exact) mass is 199 g/mol. The van der Waals surface area contributed by atoms with E-state index in [1.165, 1.54) is 24.5 Å². The van der Waals surface area contributed by atoms with Gasteiger partial charge in [-0.1, -0.05) is 0 Å². The maximum atomic E-state index is 12.6. The molecule has 0 atom stereocenters. The molecule has 72 valence electrons. The molecule has 2 aromatic rings. The first-order chi connectivity index (χ1) is 7.29. The van der Waals surface area contributed by atoms with Gasteiger partial charge in [0.05, 0.1) is 5.56 Å². The zero-order valence-electron chi connectivity index (χ0n) is 7.68. The smallest absolute Gasteiger partial charge is 0.159 e. The van der Waals surface area contributed by atoms with Gasteiger partial charge in [-0.3, -0.25) is 0 Å². The Morgan fingerprint density at radius 2 is 1.67 bits per heavy atom. The van der Waals surface area contributed by atoms with E-state index in [1.54, 1.807) is 12.1 Å². The van der Waals surface area contributed by atoms with Crippen LogP contribution in [0.2, 0.25) is 0 Å². The van der Waals surface area contributed by atoms with E-state index in [2.05, 4.69) is 9.97 Å². The second kappa shape index (κ2) is 3.84. The Labute approximate surface area is 85.9 Å². The van der Waals surface area contributed by atoms with Crippen molar-refractivity contribution in [1.82, 2.24) is 9.97 Å². The van der Waals surface area contributed by atoms with Gasteiger partial charge in [-0.15, -0.1) is 0 Å². The number of rotatable bonds is 1. The fraction of sp³-hybridized carbons (Fsp3) is 0. The fourth-order valence-electron chi connectivity index (χ4n) is 1.13. The molecule has 0 N–H and O–H groups in total. The summed E-state index contributed by atoms with van der Waals surface area (Å²) >= 11 is 0. The Kier molecular flexibility index (Phi) is 2.38. The van der Waals surface area contributed by atoms with Crippen LogP contribution in [0.4, 0.5) is 4.39 Å². The molecule has 0 unspecified atom stereocenters. The molecule has 0 radical (unpaired) electrons. The Bertz CT molecular complexity index is 497. The molecule has 0 spiro atoms. The van der Waals surface area contributed by atoms with Gasteiger partial charge in [0.25, 0.3) is 0 Å². The van der Waals surface area contributed by atoms with E-state index >= 15 is 0 Å². The summed E-state index contributed by atoms with van der Waals surface area (Å²) in [7, 11) is 0. The minimum absolute atomic E-state index is 0.299. The molecule has 0 aliphatic rings. The first-order valence-electron chi connectivity index (χ1n) is 4.27. The number of benzene rings is 1. The fourth-order valence-corrected chi connectivity index (χ4v) is 1.13. The van der Waals surface area contributed by atoms with Crippen molar-refractivity contribution in [1.29, 1.82) is 5.26 Å². The highest BCUT2D eigenvalue weighted by atomic mass is 19.1. The Hall–Kier alpha value is -2.28. The van der Waals surface area contributed by atoms with Crippen LogP contribution in [-0.4, -0.2) is 9.97 Å². The lowest BCUT2D eigenvalue weighted by atomic mass is 10.2. The lowest BCUT2D eigenvalue weighted by Crippen LogP contribution is -1.89. The summed E-state index contributed by atoms with van der Waals surface area (Å²) in [5, 5.41) is 8.56. The first kappa shape index (κ1) is 9.28. The number of hydrogen-bond donors (Lipinski definition) is 0. The topological polar surface area (TPSA) is 49.6 Å². The minimum Gasteiger partial charge on any atom is -0.235 e. The number of nitrogens with zero attached hydrogens (tertiary/aromatic N) is 3. The summed E-state index contributed by atoms with van der Waals surface area (Å²) in [5.41, 5.74) is 1.13. The van der Waals surface area contributed by atoms with E-state index in [4.69, 9.17) is 5.26 Å². The molecule has 0 aliphatic carbocycles. The molecule has 0 bridgehead atoms. The van der Waals surface area contributed by atoms with Crippen LogP contribution in [0.1, 0.15) is 5.56 Å². The quantitative estimate of drug-likeness (QED) is 0.707. The van der Waals surface area contributed by atoms with Crippen LogP contribution in [0.15, 0.2) is 36.7 Å². The van der Waals surface area contributed by atoms with E-state index in [9.17, 15) is 4.39 Å². The Balaban J connectivity index is 2.38. The lowest BCUT2D eigenvalue weighted by Gasteiger charge is -1.98. The van der Waals surface area contributed by atoms with E-state index in [0.29, 0.717) is 11.4 Å². The van der Waals surface area contributed by atoms with Gasteiger partial charge in [0, 0.05) is 18.0 Å². The SMILES string of the molecule is N#Cc1cnc(-c2ccc(F)cc2)nc1. The number of hydrogen-bond acceptors (Lipinski definition) is 3. The summed E-state index contributed by atoms with van der Waals surface area (Å²) in [6.07, 6.45) is 2.87. The van der Waals surface area contributed by atoms with Gasteiger partial charge >= 0.3 is 0 Å². The van der Waals surface area contributed by atoms with Gasteiger partial charge in [0.2, 0.25) is 0 Å². The zero-order valence-corrected chi connectivity index (χ0v) is 7.68. The highest BCUT2D eigenvalue weighted by molar-refractivity contribution is 5.54. The summed E-state index contributed by atoms with van der Waals surface area (Å²) in [4.78, 5) is 7.99. The van der Waals surface area contributed by atoms with Gasteiger partial charge in [-0.25, -0.2) is 14.4 Å². The maximum absolute atomic E-state index is 12.6. The van der Waals surface area contributed by atoms with Crippen LogP contribution in [0.3, 0.4) is 0 Å². The van der Waals surface area contributed by atoms with Gasteiger partial charge < -0.3 is 0 Å². The predicted octanol–water partition coefficient (Wildman–Crippen LogP) is 2.15. The average Bonchev–Trinajstić information content (AvgIpc) is 2.30. The third kappa shape index (κ3) is 1.97. The van der Waals surface area contributed by atoms with Crippen LogP contribution < -0.4 is 0 Å². The van der Waals surface area contributed by atoms with Crippen molar-refractivity contribution >= 4 is 0 Å². The number of halogens is 1. The second-order valence-electron chi connectivity index (χ2n) is 2.91. The van der Waals surface area contributed by atoms with Crippen molar-refractivity contribution < 1.29 is 4.39 Å². The first-order valence-corrected chi connectivity index (χ1v) is 4.27. The molecule has 3 nitrogen and oxygen atoms in total. The molecule has 0 amide bonds. The van der Waals surface area contributed by atoms with Crippen molar-refractivity contribution in [2.24, 2.45) is 0 Å². The third-order valence-electron chi connectivity index (χ3n) is 1.88. The molecule has 1 heterocycles. The van der Waals surface area contributed by atoms with Crippen molar-refractivity contribution in [3.63, 3.8) is 0 Å². The summed E-state index contributed by atoms with van der Waals surface area (Å²) in [6, 6.07) is 7.81. The van der Waals surface area contributed by atoms with E-state index in [1.807, 2.05) is 6.07 Å². The molecule has 0 saturated carbocycles. The molecule has 0 aliphatic heterocycles. The van der Waals surface area contributed by atoms with Crippen molar-refractivity contribution in [2.75, 3.05) is 0 Å². The number of nitriles is 1. The van der Waals surface area contributed by atoms with Crippen LogP contribution in [0, 0.1) is 17.1 Å². The molecular weight excluding hydrogens is 193 g/mol. The van der Waals surface area contributed by atoms with Crippen LogP contribution in [-0.2, 0) is 0 Å². The van der Waals surface area contributed by atoms with E-state index in [0.717, 1.165) is 5.56 Å². The molecule has 1 aromatic carbocycles. The standard InChI is InChI=1S/C11H6FN3/c12-10-3-1-9(2-4-10)11-14-6-8(5-13)7-15-11/h1-4,6-7H. The molecular formula is C11H6FN3. The molecule has 0 fully saturated rings. The van der Waals surface area contributed by atoms with Crippen LogP contribution in [0.25, 0.3) is 11.4 Å². The maximum Gasteiger partial charge on any atom is 0.159 e. The molecule has 2 rings (SSSR count). The molecule has 15 heavy (non-hydrogen) atoms. The van der Waals surface area contributed by atoms with Gasteiger partial charge in [-0.05, 0) is 24.3 Å². The van der Waals surface area contributed by atoms with E-state index < -0.39 is 0 Å². The predicted molar refractivity (Wildman–Crippen MR) is 52.1 cm³/mol. The van der Waals surface area contributed by atoms with Crippen molar-refractivity contribution in [3.05, 3.63) is 48.0 Å². The van der Waals surface area contributed by atoms with Gasteiger partial charge in [-0.2, -0.15) is 5.26 Å². The summed E-state index contributed by atoms with van der Waals surface area (Å²) in [6.45, 7) is 0. The normalized spacial score (nSPS) is 9.60. The molecule has 1 aromatic heterocycles. The van der Waals surface area contributed by atoms with Crippen LogP contribution in [0.5, 0.6) is 0 Å². The van der Waals surface area contributed by atoms with Gasteiger partial charge in [0.15, 0.2) is 5.82 Å². The second-order valence-corrected chi connectivity index (χ2v) is 2.91. The molecule has 0 saturated heterocycles. The van der Waals surface area contributed by atoms with E-state index in [-0.39, 0.29) is 5.82 Å². The van der Waals surface area contributed by atoms with Gasteiger partial charge in [0.1, 0.15) is 11.9 Å². The average molecular weight is 199 g/mol. The van der Waals surface area contributed by atoms with Crippen LogP contribution >= 0.6 is 0 Å². The highest BCUT2D eigenvalue weighted by Crippen LogP contribution is 2.14. The number of aromatic nitrogens is 2. The largest absolute Gasteiger partial charge is 0.235 e. The summed E-state index contributed by atoms with van der Waals surface area (Å²) in [5.74, 6) is 0.182. The van der Waals surface area contributed by atoms with Crippen molar-refractivity contribution in [2.45, 2.75) is 0 Å². The zero-order chi connectivity index (χ0) is 10.7. The lowest BCUT2D eigenvalue weighted by molar-refractivity contribution is 0.628. The summed E-state index contributed by atoms with van der Waals surface area (Å²) < 4.78 is 12.6. The minimum atomic E-state index is -0.299. The Morgan fingerprint density at radius 3 is 2.20 bits per heavy atom.